The molecule has 1 heterocycles. The van der Waals surface area contributed by atoms with Crippen LogP contribution in [0.1, 0.15) is 6.42 Å². The molecule has 0 aromatic heterocycles. The SMILES string of the molecule is CN=C(NCCCS(C)(=O)=O)N1CCN(c2ccccc2Cl)CC1. The number of piperazine rings is 1. The van der Waals surface area contributed by atoms with Crippen LogP contribution in [0.4, 0.5) is 5.69 Å². The van der Waals surface area contributed by atoms with Gasteiger partial charge in [0.15, 0.2) is 5.96 Å². The van der Waals surface area contributed by atoms with Crippen molar-refractivity contribution in [1.82, 2.24) is 10.2 Å². The summed E-state index contributed by atoms with van der Waals surface area (Å²) >= 11 is 6.26. The standard InChI is InChI=1S/C16H25ClN4O2S/c1-18-16(19-8-5-13-24(2,22)23)21-11-9-20(10-12-21)15-7-4-3-6-14(15)17/h3-4,6-7H,5,8-13H2,1-2H3,(H,18,19). The smallest absolute Gasteiger partial charge is 0.193 e. The van der Waals surface area contributed by atoms with Gasteiger partial charge in [0.05, 0.1) is 16.5 Å². The number of hydrogen-bond acceptors (Lipinski definition) is 4. The van der Waals surface area contributed by atoms with Crippen LogP contribution < -0.4 is 10.2 Å². The Labute approximate surface area is 149 Å². The molecule has 6 nitrogen and oxygen atoms in total. The molecule has 0 unspecified atom stereocenters. The number of sulfone groups is 1. The first-order chi connectivity index (χ1) is 11.4. The molecule has 0 bridgehead atoms. The first-order valence-corrected chi connectivity index (χ1v) is 10.5. The summed E-state index contributed by atoms with van der Waals surface area (Å²) in [5, 5.41) is 4.02. The highest BCUT2D eigenvalue weighted by Gasteiger charge is 2.20. The lowest BCUT2D eigenvalue weighted by atomic mass is 10.2. The van der Waals surface area contributed by atoms with Crippen LogP contribution in [-0.4, -0.2) is 71.1 Å². The minimum Gasteiger partial charge on any atom is -0.367 e. The van der Waals surface area contributed by atoms with Crippen LogP contribution in [0.15, 0.2) is 29.3 Å². The summed E-state index contributed by atoms with van der Waals surface area (Å²) in [6.07, 6.45) is 1.84. The Morgan fingerprint density at radius 3 is 2.50 bits per heavy atom. The molecule has 0 aliphatic carbocycles. The van der Waals surface area contributed by atoms with Gasteiger partial charge in [0.25, 0.3) is 0 Å². The van der Waals surface area contributed by atoms with Crippen LogP contribution in [0.3, 0.4) is 0 Å². The largest absolute Gasteiger partial charge is 0.367 e. The molecular weight excluding hydrogens is 348 g/mol. The zero-order valence-electron chi connectivity index (χ0n) is 14.2. The second kappa shape index (κ2) is 8.58. The van der Waals surface area contributed by atoms with Gasteiger partial charge in [0, 0.05) is 46.0 Å². The van der Waals surface area contributed by atoms with E-state index in [-0.39, 0.29) is 5.75 Å². The Morgan fingerprint density at radius 2 is 1.92 bits per heavy atom. The number of aliphatic imine (C=N–C) groups is 1. The minimum atomic E-state index is -2.91. The van der Waals surface area contributed by atoms with E-state index in [0.29, 0.717) is 13.0 Å². The molecule has 1 N–H and O–H groups in total. The van der Waals surface area contributed by atoms with E-state index >= 15 is 0 Å². The molecule has 1 aliphatic rings. The van der Waals surface area contributed by atoms with Gasteiger partial charge < -0.3 is 15.1 Å². The van der Waals surface area contributed by atoms with E-state index in [9.17, 15) is 8.42 Å². The van der Waals surface area contributed by atoms with Gasteiger partial charge in [0.1, 0.15) is 9.84 Å². The molecule has 8 heteroatoms. The van der Waals surface area contributed by atoms with Crippen LogP contribution in [-0.2, 0) is 9.84 Å². The summed E-state index contributed by atoms with van der Waals surface area (Å²) in [5.41, 5.74) is 1.06. The third kappa shape index (κ3) is 5.56. The van der Waals surface area contributed by atoms with E-state index < -0.39 is 9.84 Å². The number of rotatable bonds is 5. The van der Waals surface area contributed by atoms with Crippen LogP contribution in [0.2, 0.25) is 5.02 Å². The number of guanidine groups is 1. The van der Waals surface area contributed by atoms with Crippen LogP contribution in [0.5, 0.6) is 0 Å². The number of anilines is 1. The summed E-state index contributed by atoms with van der Waals surface area (Å²) < 4.78 is 22.3. The highest BCUT2D eigenvalue weighted by molar-refractivity contribution is 7.90. The predicted octanol–water partition coefficient (Wildman–Crippen LogP) is 1.47. The molecule has 0 saturated carbocycles. The summed E-state index contributed by atoms with van der Waals surface area (Å²) in [5.74, 6) is 1.01. The fourth-order valence-corrected chi connectivity index (χ4v) is 3.66. The molecule has 0 atom stereocenters. The van der Waals surface area contributed by atoms with Crippen LogP contribution >= 0.6 is 11.6 Å². The van der Waals surface area contributed by atoms with E-state index in [1.807, 2.05) is 24.3 Å². The first-order valence-electron chi connectivity index (χ1n) is 8.03. The third-order valence-corrected chi connectivity index (χ3v) is 5.31. The van der Waals surface area contributed by atoms with Gasteiger partial charge in [-0.1, -0.05) is 23.7 Å². The molecule has 2 rings (SSSR count). The van der Waals surface area contributed by atoms with Gasteiger partial charge >= 0.3 is 0 Å². The maximum atomic E-state index is 11.2. The number of hydrogen-bond donors (Lipinski definition) is 1. The maximum absolute atomic E-state index is 11.2. The van der Waals surface area contributed by atoms with E-state index in [4.69, 9.17) is 11.6 Å². The van der Waals surface area contributed by atoms with Crippen molar-refractivity contribution in [3.8, 4) is 0 Å². The fraction of sp³-hybridized carbons (Fsp3) is 0.562. The Kier molecular flexibility index (Phi) is 6.74. The van der Waals surface area contributed by atoms with Gasteiger partial charge in [-0.3, -0.25) is 4.99 Å². The molecule has 1 aliphatic heterocycles. The average Bonchev–Trinajstić information content (AvgIpc) is 2.55. The number of para-hydroxylation sites is 1. The lowest BCUT2D eigenvalue weighted by Crippen LogP contribution is -2.52. The molecule has 1 aromatic carbocycles. The zero-order valence-corrected chi connectivity index (χ0v) is 15.8. The predicted molar refractivity (Wildman–Crippen MR) is 101 cm³/mol. The summed E-state index contributed by atoms with van der Waals surface area (Å²) in [6, 6.07) is 7.88. The van der Waals surface area contributed by atoms with Gasteiger partial charge in [-0.2, -0.15) is 0 Å². The van der Waals surface area contributed by atoms with E-state index in [2.05, 4.69) is 20.1 Å². The van der Waals surface area contributed by atoms with Crippen molar-refractivity contribution in [3.63, 3.8) is 0 Å². The second-order valence-electron chi connectivity index (χ2n) is 5.88. The Bertz CT molecular complexity index is 670. The minimum absolute atomic E-state index is 0.192. The Morgan fingerprint density at radius 1 is 1.25 bits per heavy atom. The van der Waals surface area contributed by atoms with Crippen LogP contribution in [0, 0.1) is 0 Å². The lowest BCUT2D eigenvalue weighted by Gasteiger charge is -2.38. The summed E-state index contributed by atoms with van der Waals surface area (Å²) in [7, 11) is -1.16. The molecule has 1 aromatic rings. The molecule has 24 heavy (non-hydrogen) atoms. The van der Waals surface area contributed by atoms with Crippen molar-refractivity contribution >= 4 is 33.1 Å². The first kappa shape index (κ1) is 18.9. The molecule has 134 valence electrons. The highest BCUT2D eigenvalue weighted by atomic mass is 35.5. The second-order valence-corrected chi connectivity index (χ2v) is 8.55. The Hall–Kier alpha value is -1.47. The van der Waals surface area contributed by atoms with Crippen molar-refractivity contribution < 1.29 is 8.42 Å². The lowest BCUT2D eigenvalue weighted by molar-refractivity contribution is 0.373. The van der Waals surface area contributed by atoms with Gasteiger partial charge in [-0.15, -0.1) is 0 Å². The quantitative estimate of drug-likeness (QED) is 0.481. The van der Waals surface area contributed by atoms with Gasteiger partial charge in [-0.05, 0) is 18.6 Å². The van der Waals surface area contributed by atoms with Crippen molar-refractivity contribution in [1.29, 1.82) is 0 Å². The third-order valence-electron chi connectivity index (χ3n) is 3.96. The Balaban J connectivity index is 1.83. The highest BCUT2D eigenvalue weighted by Crippen LogP contribution is 2.25. The molecule has 0 amide bonds. The number of nitrogens with one attached hydrogen (secondary N) is 1. The molecule has 1 fully saturated rings. The van der Waals surface area contributed by atoms with Gasteiger partial charge in [-0.25, -0.2) is 8.42 Å². The topological polar surface area (TPSA) is 65.0 Å². The maximum Gasteiger partial charge on any atom is 0.193 e. The fourth-order valence-electron chi connectivity index (χ4n) is 2.73. The van der Waals surface area contributed by atoms with E-state index in [1.165, 1.54) is 6.26 Å². The number of nitrogens with zero attached hydrogens (tertiary/aromatic N) is 3. The monoisotopic (exact) mass is 372 g/mol. The van der Waals surface area contributed by atoms with Crippen molar-refractivity contribution in [2.24, 2.45) is 4.99 Å². The van der Waals surface area contributed by atoms with Crippen molar-refractivity contribution in [2.75, 3.05) is 56.7 Å². The van der Waals surface area contributed by atoms with E-state index in [1.54, 1.807) is 7.05 Å². The van der Waals surface area contributed by atoms with E-state index in [0.717, 1.165) is 42.8 Å². The van der Waals surface area contributed by atoms with Crippen molar-refractivity contribution in [3.05, 3.63) is 29.3 Å². The number of halogens is 1. The van der Waals surface area contributed by atoms with Crippen LogP contribution in [0.25, 0.3) is 0 Å². The summed E-state index contributed by atoms with van der Waals surface area (Å²) in [6.45, 7) is 4.03. The zero-order chi connectivity index (χ0) is 17.6. The van der Waals surface area contributed by atoms with Gasteiger partial charge in [0.2, 0.25) is 0 Å². The molecule has 1 saturated heterocycles. The normalized spacial score (nSPS) is 16.4. The average molecular weight is 373 g/mol. The number of benzene rings is 1. The summed E-state index contributed by atoms with van der Waals surface area (Å²) in [4.78, 5) is 8.76. The molecular formula is C16H25ClN4O2S. The molecule has 0 spiro atoms. The van der Waals surface area contributed by atoms with Crippen molar-refractivity contribution in [2.45, 2.75) is 6.42 Å². The molecule has 0 radical (unpaired) electrons.